The SMILES string of the molecule is CCOc1cccnc1Oc1cncc(-c2ncc(C(=O)N[C@@H]3CCCC[C@H]3F)cn2)c1. The van der Waals surface area contributed by atoms with Gasteiger partial charge in [-0.2, -0.15) is 0 Å². The number of nitrogens with one attached hydrogen (secondary N) is 1. The van der Waals surface area contributed by atoms with Gasteiger partial charge in [0.15, 0.2) is 11.6 Å². The number of carbonyl (C=O) groups excluding carboxylic acids is 1. The number of carbonyl (C=O) groups is 1. The lowest BCUT2D eigenvalue weighted by Gasteiger charge is -2.26. The van der Waals surface area contributed by atoms with Gasteiger partial charge < -0.3 is 14.8 Å². The van der Waals surface area contributed by atoms with Gasteiger partial charge in [-0.1, -0.05) is 12.8 Å². The van der Waals surface area contributed by atoms with Crippen molar-refractivity contribution >= 4 is 5.91 Å². The number of ether oxygens (including phenoxy) is 2. The molecule has 1 aliphatic rings. The number of amides is 1. The molecule has 0 aliphatic heterocycles. The van der Waals surface area contributed by atoms with E-state index in [9.17, 15) is 9.18 Å². The standard InChI is InChI=1S/C23H24FN5O3/c1-2-31-20-8-5-9-26-23(20)32-17-10-15(11-25-14-17)21-27-12-16(13-28-21)22(30)29-19-7-4-3-6-18(19)24/h5,8-14,18-19H,2-4,6-7H2,1H3,(H,29,30)/t18-,19-/m1/s1. The molecule has 3 aromatic heterocycles. The van der Waals surface area contributed by atoms with Crippen LogP contribution in [0.1, 0.15) is 43.0 Å². The maximum absolute atomic E-state index is 14.0. The molecule has 1 fully saturated rings. The lowest BCUT2D eigenvalue weighted by molar-refractivity contribution is 0.0883. The number of nitrogens with zero attached hydrogens (tertiary/aromatic N) is 4. The average molecular weight is 437 g/mol. The lowest BCUT2D eigenvalue weighted by atomic mass is 9.93. The van der Waals surface area contributed by atoms with Crippen LogP contribution in [-0.2, 0) is 0 Å². The van der Waals surface area contributed by atoms with Gasteiger partial charge in [0.2, 0.25) is 0 Å². The van der Waals surface area contributed by atoms with Crippen LogP contribution in [-0.4, -0.2) is 44.7 Å². The Kier molecular flexibility index (Phi) is 6.84. The van der Waals surface area contributed by atoms with Crippen LogP contribution < -0.4 is 14.8 Å². The molecule has 0 aromatic carbocycles. The first-order valence-corrected chi connectivity index (χ1v) is 10.6. The molecule has 9 heteroatoms. The lowest BCUT2D eigenvalue weighted by Crippen LogP contribution is -2.43. The number of alkyl halides is 1. The predicted octanol–water partition coefficient (Wildman–Crippen LogP) is 4.14. The third-order valence-corrected chi connectivity index (χ3v) is 5.13. The molecular formula is C23H24FN5O3. The van der Waals surface area contributed by atoms with Gasteiger partial charge in [0, 0.05) is 30.4 Å². The number of aromatic nitrogens is 4. The van der Waals surface area contributed by atoms with Gasteiger partial charge in [0.05, 0.1) is 24.4 Å². The zero-order valence-corrected chi connectivity index (χ0v) is 17.7. The third-order valence-electron chi connectivity index (χ3n) is 5.13. The van der Waals surface area contributed by atoms with Crippen molar-refractivity contribution in [2.24, 2.45) is 0 Å². The summed E-state index contributed by atoms with van der Waals surface area (Å²) in [6.07, 6.45) is 9.49. The minimum absolute atomic E-state index is 0.279. The summed E-state index contributed by atoms with van der Waals surface area (Å²) in [5.74, 6) is 1.31. The summed E-state index contributed by atoms with van der Waals surface area (Å²) in [6, 6.07) is 4.80. The summed E-state index contributed by atoms with van der Waals surface area (Å²) >= 11 is 0. The molecule has 0 unspecified atom stereocenters. The van der Waals surface area contributed by atoms with Gasteiger partial charge in [0.25, 0.3) is 11.8 Å². The van der Waals surface area contributed by atoms with E-state index in [-0.39, 0.29) is 11.5 Å². The maximum atomic E-state index is 14.0. The number of hydrogen-bond donors (Lipinski definition) is 1. The van der Waals surface area contributed by atoms with Crippen molar-refractivity contribution in [3.05, 3.63) is 54.7 Å². The highest BCUT2D eigenvalue weighted by atomic mass is 19.1. The molecule has 4 rings (SSSR count). The highest BCUT2D eigenvalue weighted by molar-refractivity contribution is 5.94. The molecule has 2 atom stereocenters. The fourth-order valence-electron chi connectivity index (χ4n) is 3.52. The van der Waals surface area contributed by atoms with Crippen molar-refractivity contribution in [1.29, 1.82) is 0 Å². The average Bonchev–Trinajstić information content (AvgIpc) is 2.82. The maximum Gasteiger partial charge on any atom is 0.262 e. The molecule has 0 saturated heterocycles. The van der Waals surface area contributed by atoms with Crippen molar-refractivity contribution in [2.45, 2.75) is 44.8 Å². The number of hydrogen-bond acceptors (Lipinski definition) is 7. The quantitative estimate of drug-likeness (QED) is 0.593. The van der Waals surface area contributed by atoms with E-state index in [0.29, 0.717) is 48.2 Å². The van der Waals surface area contributed by atoms with Crippen molar-refractivity contribution in [2.75, 3.05) is 6.61 Å². The Balaban J connectivity index is 1.46. The summed E-state index contributed by atoms with van der Waals surface area (Å²) in [6.45, 7) is 2.37. The smallest absolute Gasteiger partial charge is 0.262 e. The van der Waals surface area contributed by atoms with Gasteiger partial charge in [-0.3, -0.25) is 9.78 Å². The first kappa shape index (κ1) is 21.6. The van der Waals surface area contributed by atoms with Gasteiger partial charge in [0.1, 0.15) is 11.9 Å². The fraction of sp³-hybridized carbons (Fsp3) is 0.348. The second-order valence-corrected chi connectivity index (χ2v) is 7.43. The van der Waals surface area contributed by atoms with E-state index in [2.05, 4.69) is 25.3 Å². The summed E-state index contributed by atoms with van der Waals surface area (Å²) in [7, 11) is 0. The summed E-state index contributed by atoms with van der Waals surface area (Å²) < 4.78 is 25.3. The largest absolute Gasteiger partial charge is 0.488 e. The predicted molar refractivity (Wildman–Crippen MR) is 115 cm³/mol. The normalized spacial score (nSPS) is 18.1. The molecule has 0 bridgehead atoms. The Morgan fingerprint density at radius 2 is 1.97 bits per heavy atom. The summed E-state index contributed by atoms with van der Waals surface area (Å²) in [4.78, 5) is 29.4. The van der Waals surface area contributed by atoms with Crippen LogP contribution in [0, 0.1) is 0 Å². The number of rotatable bonds is 7. The zero-order valence-electron chi connectivity index (χ0n) is 17.7. The van der Waals surface area contributed by atoms with Crippen molar-refractivity contribution in [3.63, 3.8) is 0 Å². The first-order valence-electron chi connectivity index (χ1n) is 10.6. The van der Waals surface area contributed by atoms with Crippen LogP contribution in [0.4, 0.5) is 4.39 Å². The van der Waals surface area contributed by atoms with Gasteiger partial charge >= 0.3 is 0 Å². The minimum Gasteiger partial charge on any atom is -0.488 e. The van der Waals surface area contributed by atoms with Crippen LogP contribution in [0.3, 0.4) is 0 Å². The molecule has 1 saturated carbocycles. The van der Waals surface area contributed by atoms with Crippen LogP contribution in [0.5, 0.6) is 17.4 Å². The molecule has 0 radical (unpaired) electrons. The van der Waals surface area contributed by atoms with Crippen LogP contribution >= 0.6 is 0 Å². The molecule has 1 aliphatic carbocycles. The topological polar surface area (TPSA) is 99.1 Å². The van der Waals surface area contributed by atoms with Crippen LogP contribution in [0.25, 0.3) is 11.4 Å². The monoisotopic (exact) mass is 437 g/mol. The highest BCUT2D eigenvalue weighted by Crippen LogP contribution is 2.30. The molecule has 166 valence electrons. The van der Waals surface area contributed by atoms with Gasteiger partial charge in [-0.05, 0) is 38.0 Å². The Hall–Kier alpha value is -3.62. The van der Waals surface area contributed by atoms with Gasteiger partial charge in [-0.15, -0.1) is 0 Å². The van der Waals surface area contributed by atoms with E-state index in [1.54, 1.807) is 36.8 Å². The van der Waals surface area contributed by atoms with E-state index < -0.39 is 12.2 Å². The molecule has 3 heterocycles. The van der Waals surface area contributed by atoms with E-state index in [0.717, 1.165) is 12.8 Å². The van der Waals surface area contributed by atoms with Gasteiger partial charge in [-0.25, -0.2) is 19.3 Å². The highest BCUT2D eigenvalue weighted by Gasteiger charge is 2.26. The van der Waals surface area contributed by atoms with Crippen molar-refractivity contribution in [1.82, 2.24) is 25.3 Å². The van der Waals surface area contributed by atoms with Crippen LogP contribution in [0.2, 0.25) is 0 Å². The Labute approximate surface area is 185 Å². The second kappa shape index (κ2) is 10.1. The number of pyridine rings is 2. The van der Waals surface area contributed by atoms with E-state index >= 15 is 0 Å². The first-order chi connectivity index (χ1) is 15.6. The Morgan fingerprint density at radius 1 is 1.16 bits per heavy atom. The molecule has 8 nitrogen and oxygen atoms in total. The molecular weight excluding hydrogens is 413 g/mol. The third kappa shape index (κ3) is 5.16. The molecule has 0 spiro atoms. The summed E-state index contributed by atoms with van der Waals surface area (Å²) in [5, 5.41) is 2.75. The minimum atomic E-state index is -1.01. The van der Waals surface area contributed by atoms with Crippen molar-refractivity contribution < 1.29 is 18.7 Å². The van der Waals surface area contributed by atoms with Crippen LogP contribution in [0.15, 0.2) is 49.2 Å². The van der Waals surface area contributed by atoms with E-state index in [1.165, 1.54) is 12.4 Å². The fourth-order valence-corrected chi connectivity index (χ4v) is 3.52. The zero-order chi connectivity index (χ0) is 22.3. The molecule has 3 aromatic rings. The molecule has 1 N–H and O–H groups in total. The number of halogens is 1. The molecule has 32 heavy (non-hydrogen) atoms. The Bertz CT molecular complexity index is 1060. The van der Waals surface area contributed by atoms with E-state index in [1.807, 2.05) is 6.92 Å². The summed E-state index contributed by atoms with van der Waals surface area (Å²) in [5.41, 5.74) is 0.890. The molecule has 1 amide bonds. The second-order valence-electron chi connectivity index (χ2n) is 7.43. The van der Waals surface area contributed by atoms with E-state index in [4.69, 9.17) is 9.47 Å². The van der Waals surface area contributed by atoms with Crippen molar-refractivity contribution in [3.8, 4) is 28.8 Å². The Morgan fingerprint density at radius 3 is 2.75 bits per heavy atom.